The van der Waals surface area contributed by atoms with E-state index < -0.39 is 0 Å². The van der Waals surface area contributed by atoms with Crippen molar-refractivity contribution in [3.63, 3.8) is 0 Å². The number of nitrogens with one attached hydrogen (secondary N) is 1. The van der Waals surface area contributed by atoms with Crippen LogP contribution >= 0.6 is 0 Å². The van der Waals surface area contributed by atoms with Crippen molar-refractivity contribution in [1.82, 2.24) is 5.32 Å². The van der Waals surface area contributed by atoms with E-state index in [0.29, 0.717) is 0 Å². The Hall–Kier alpha value is -2.13. The molecule has 3 heteroatoms. The molecule has 1 amide bonds. The molecule has 3 rings (SSSR count). The number of para-hydroxylation sites is 1. The summed E-state index contributed by atoms with van der Waals surface area (Å²) >= 11 is 0. The number of hydrogen-bond acceptors (Lipinski definition) is 2. The van der Waals surface area contributed by atoms with Gasteiger partial charge in [-0.15, -0.1) is 0 Å². The third kappa shape index (κ3) is 3.55. The van der Waals surface area contributed by atoms with Gasteiger partial charge in [-0.1, -0.05) is 48.5 Å². The first-order chi connectivity index (χ1) is 10.8. The van der Waals surface area contributed by atoms with Crippen molar-refractivity contribution in [3.8, 4) is 0 Å². The molecule has 1 saturated heterocycles. The van der Waals surface area contributed by atoms with Crippen LogP contribution in [0, 0.1) is 5.92 Å². The molecule has 2 aromatic rings. The largest absolute Gasteiger partial charge is 0.316 e. The fourth-order valence-corrected chi connectivity index (χ4v) is 2.95. The van der Waals surface area contributed by atoms with E-state index in [1.807, 2.05) is 53.4 Å². The van der Waals surface area contributed by atoms with E-state index in [4.69, 9.17) is 0 Å². The number of carbonyl (C=O) groups is 1. The van der Waals surface area contributed by atoms with Crippen LogP contribution in [-0.2, 0) is 11.2 Å². The van der Waals surface area contributed by atoms with Crippen LogP contribution in [0.4, 0.5) is 5.69 Å². The summed E-state index contributed by atoms with van der Waals surface area (Å²) in [6, 6.07) is 20.4. The molecule has 0 bridgehead atoms. The van der Waals surface area contributed by atoms with Gasteiger partial charge in [0.2, 0.25) is 5.91 Å². The van der Waals surface area contributed by atoms with Crippen LogP contribution in [0.3, 0.4) is 0 Å². The molecule has 3 nitrogen and oxygen atoms in total. The van der Waals surface area contributed by atoms with Crippen molar-refractivity contribution in [3.05, 3.63) is 66.2 Å². The quantitative estimate of drug-likeness (QED) is 0.919. The van der Waals surface area contributed by atoms with Crippen LogP contribution in [-0.4, -0.2) is 25.5 Å². The molecule has 1 atom stereocenters. The van der Waals surface area contributed by atoms with E-state index >= 15 is 0 Å². The summed E-state index contributed by atoms with van der Waals surface area (Å²) < 4.78 is 0. The maximum atomic E-state index is 12.9. The van der Waals surface area contributed by atoms with Gasteiger partial charge in [-0.25, -0.2) is 0 Å². The zero-order chi connectivity index (χ0) is 15.2. The molecule has 1 aliphatic rings. The average Bonchev–Trinajstić information content (AvgIpc) is 3.11. The van der Waals surface area contributed by atoms with Crippen LogP contribution in [0.1, 0.15) is 12.0 Å². The Kier molecular flexibility index (Phi) is 4.86. The minimum absolute atomic E-state index is 0.107. The average molecular weight is 294 g/mol. The van der Waals surface area contributed by atoms with Crippen molar-refractivity contribution in [2.75, 3.05) is 24.5 Å². The van der Waals surface area contributed by atoms with E-state index in [1.165, 1.54) is 5.56 Å². The van der Waals surface area contributed by atoms with Gasteiger partial charge in [-0.3, -0.25) is 4.79 Å². The number of benzene rings is 2. The zero-order valence-electron chi connectivity index (χ0n) is 12.7. The van der Waals surface area contributed by atoms with Crippen molar-refractivity contribution < 1.29 is 4.79 Å². The van der Waals surface area contributed by atoms with Gasteiger partial charge in [0.1, 0.15) is 0 Å². The standard InChI is InChI=1S/C19H22N2O/c22-19(17-11-13-20-15-17)21(18-9-5-2-6-10-18)14-12-16-7-3-1-4-8-16/h1-10,17,20H,11-15H2. The first-order valence-electron chi connectivity index (χ1n) is 7.95. The molecule has 1 unspecified atom stereocenters. The van der Waals surface area contributed by atoms with Crippen molar-refractivity contribution in [2.45, 2.75) is 12.8 Å². The Morgan fingerprint density at radius 3 is 2.36 bits per heavy atom. The first-order valence-corrected chi connectivity index (χ1v) is 7.95. The zero-order valence-corrected chi connectivity index (χ0v) is 12.7. The molecule has 0 aliphatic carbocycles. The number of rotatable bonds is 5. The van der Waals surface area contributed by atoms with Gasteiger partial charge in [0, 0.05) is 18.8 Å². The van der Waals surface area contributed by atoms with Crippen LogP contribution in [0.25, 0.3) is 0 Å². The maximum Gasteiger partial charge on any atom is 0.231 e. The fraction of sp³-hybridized carbons (Fsp3) is 0.316. The summed E-state index contributed by atoms with van der Waals surface area (Å²) in [6.07, 6.45) is 1.81. The van der Waals surface area contributed by atoms with Crippen molar-refractivity contribution in [1.29, 1.82) is 0 Å². The summed E-state index contributed by atoms with van der Waals surface area (Å²) in [7, 11) is 0. The lowest BCUT2D eigenvalue weighted by atomic mass is 10.1. The first kappa shape index (κ1) is 14.8. The van der Waals surface area contributed by atoms with Crippen LogP contribution in [0.5, 0.6) is 0 Å². The monoisotopic (exact) mass is 294 g/mol. The smallest absolute Gasteiger partial charge is 0.231 e. The van der Waals surface area contributed by atoms with Gasteiger partial charge in [0.25, 0.3) is 0 Å². The second-order valence-corrected chi connectivity index (χ2v) is 5.75. The van der Waals surface area contributed by atoms with Gasteiger partial charge in [-0.05, 0) is 37.1 Å². The molecule has 1 fully saturated rings. The molecule has 0 spiro atoms. The summed E-state index contributed by atoms with van der Waals surface area (Å²) in [6.45, 7) is 2.47. The van der Waals surface area contributed by atoms with Gasteiger partial charge in [0.15, 0.2) is 0 Å². The van der Waals surface area contributed by atoms with E-state index in [0.717, 1.165) is 38.2 Å². The molecule has 1 aliphatic heterocycles. The Labute approximate surface area is 132 Å². The highest BCUT2D eigenvalue weighted by Gasteiger charge is 2.27. The molecule has 0 saturated carbocycles. The molecule has 1 heterocycles. The molecule has 0 aromatic heterocycles. The lowest BCUT2D eigenvalue weighted by Crippen LogP contribution is -2.38. The van der Waals surface area contributed by atoms with Crippen LogP contribution in [0.15, 0.2) is 60.7 Å². The highest BCUT2D eigenvalue weighted by atomic mass is 16.2. The minimum Gasteiger partial charge on any atom is -0.316 e. The lowest BCUT2D eigenvalue weighted by molar-refractivity contribution is -0.121. The molecule has 114 valence electrons. The van der Waals surface area contributed by atoms with Crippen molar-refractivity contribution >= 4 is 11.6 Å². The summed E-state index contributed by atoms with van der Waals surface area (Å²) in [4.78, 5) is 14.8. The number of carbonyl (C=O) groups excluding carboxylic acids is 1. The third-order valence-corrected chi connectivity index (χ3v) is 4.21. The predicted molar refractivity (Wildman–Crippen MR) is 89.9 cm³/mol. The van der Waals surface area contributed by atoms with Crippen LogP contribution < -0.4 is 10.2 Å². The number of anilines is 1. The van der Waals surface area contributed by atoms with E-state index in [-0.39, 0.29) is 11.8 Å². The van der Waals surface area contributed by atoms with Gasteiger partial charge < -0.3 is 10.2 Å². The third-order valence-electron chi connectivity index (χ3n) is 4.21. The number of amides is 1. The molecular weight excluding hydrogens is 272 g/mol. The van der Waals surface area contributed by atoms with Crippen molar-refractivity contribution in [2.24, 2.45) is 5.92 Å². The Balaban J connectivity index is 1.75. The van der Waals surface area contributed by atoms with E-state index in [1.54, 1.807) is 0 Å². The SMILES string of the molecule is O=C(C1CCNC1)N(CCc1ccccc1)c1ccccc1. The topological polar surface area (TPSA) is 32.3 Å². The second-order valence-electron chi connectivity index (χ2n) is 5.75. The Morgan fingerprint density at radius 2 is 1.73 bits per heavy atom. The molecule has 2 aromatic carbocycles. The summed E-state index contributed by atoms with van der Waals surface area (Å²) in [5.41, 5.74) is 2.26. The molecule has 22 heavy (non-hydrogen) atoms. The fourth-order valence-electron chi connectivity index (χ4n) is 2.95. The predicted octanol–water partition coefficient (Wildman–Crippen LogP) is 2.87. The van der Waals surface area contributed by atoms with Gasteiger partial charge in [-0.2, -0.15) is 0 Å². The Morgan fingerprint density at radius 1 is 1.05 bits per heavy atom. The highest BCUT2D eigenvalue weighted by molar-refractivity contribution is 5.95. The highest BCUT2D eigenvalue weighted by Crippen LogP contribution is 2.20. The minimum atomic E-state index is 0.107. The van der Waals surface area contributed by atoms with Crippen LogP contribution in [0.2, 0.25) is 0 Å². The second kappa shape index (κ2) is 7.23. The normalized spacial score (nSPS) is 17.4. The molecular formula is C19H22N2O. The molecule has 0 radical (unpaired) electrons. The number of hydrogen-bond donors (Lipinski definition) is 1. The van der Waals surface area contributed by atoms with Gasteiger partial charge in [0.05, 0.1) is 5.92 Å². The maximum absolute atomic E-state index is 12.9. The number of nitrogens with zero attached hydrogens (tertiary/aromatic N) is 1. The molecule has 1 N–H and O–H groups in total. The lowest BCUT2D eigenvalue weighted by Gasteiger charge is -2.25. The van der Waals surface area contributed by atoms with E-state index in [9.17, 15) is 4.79 Å². The summed E-state index contributed by atoms with van der Waals surface area (Å²) in [5, 5.41) is 3.29. The summed E-state index contributed by atoms with van der Waals surface area (Å²) in [5.74, 6) is 0.350. The van der Waals surface area contributed by atoms with E-state index in [2.05, 4.69) is 17.4 Å². The van der Waals surface area contributed by atoms with Gasteiger partial charge >= 0.3 is 0 Å². The Bertz CT molecular complexity index is 591.